The van der Waals surface area contributed by atoms with Gasteiger partial charge in [-0.2, -0.15) is 0 Å². The van der Waals surface area contributed by atoms with Crippen molar-refractivity contribution in [3.05, 3.63) is 57.6 Å². The maximum absolute atomic E-state index is 11.0. The molecule has 0 aliphatic carbocycles. The van der Waals surface area contributed by atoms with Crippen LogP contribution in [0, 0.1) is 0 Å². The molecule has 0 heterocycles. The molecule has 0 atom stereocenters. The summed E-state index contributed by atoms with van der Waals surface area (Å²) in [4.78, 5) is 0. The standard InChI is InChI=1S/C32H50O5/c1-28(2,3)22-14-20(15-23(26(22)33)29(4,5)6)18-36-32(13,35)37-19-21-16-24(30(7,8)9)27(34)25(17-21)31(10,11)12/h14-17,33-35H,18-19H2,1-13H3. The molecule has 0 aromatic heterocycles. The fourth-order valence-electron chi connectivity index (χ4n) is 4.32. The number of ether oxygens (including phenoxy) is 2. The summed E-state index contributed by atoms with van der Waals surface area (Å²) in [5.74, 6) is -1.21. The average molecular weight is 515 g/mol. The Kier molecular flexibility index (Phi) is 8.62. The number of benzene rings is 2. The van der Waals surface area contributed by atoms with Gasteiger partial charge < -0.3 is 24.8 Å². The van der Waals surface area contributed by atoms with Gasteiger partial charge in [-0.3, -0.25) is 0 Å². The van der Waals surface area contributed by atoms with Crippen molar-refractivity contribution in [1.29, 1.82) is 0 Å². The topological polar surface area (TPSA) is 79.2 Å². The number of hydrogen-bond acceptors (Lipinski definition) is 5. The first-order chi connectivity index (χ1) is 16.4. The Labute approximate surface area is 224 Å². The van der Waals surface area contributed by atoms with Crippen LogP contribution < -0.4 is 0 Å². The normalized spacial score (nSPS) is 13.8. The second-order valence-corrected chi connectivity index (χ2v) is 14.6. The van der Waals surface area contributed by atoms with E-state index < -0.39 is 5.97 Å². The van der Waals surface area contributed by atoms with Gasteiger partial charge in [-0.05, 0) is 79.3 Å². The Balaban J connectivity index is 2.30. The fourth-order valence-corrected chi connectivity index (χ4v) is 4.32. The second kappa shape index (κ2) is 10.2. The van der Waals surface area contributed by atoms with E-state index in [1.54, 1.807) is 0 Å². The van der Waals surface area contributed by atoms with Crippen molar-refractivity contribution < 1.29 is 24.8 Å². The average Bonchev–Trinajstić information content (AvgIpc) is 2.68. The molecule has 0 spiro atoms. The first kappa shape index (κ1) is 31.1. The van der Waals surface area contributed by atoms with Crippen LogP contribution in [0.1, 0.15) is 123 Å². The van der Waals surface area contributed by atoms with Gasteiger partial charge in [-0.25, -0.2) is 0 Å². The van der Waals surface area contributed by atoms with Gasteiger partial charge in [0.05, 0.1) is 13.2 Å². The molecule has 0 saturated heterocycles. The number of phenolic OH excluding ortho intramolecular Hbond substituents is 2. The molecule has 2 aromatic carbocycles. The van der Waals surface area contributed by atoms with Gasteiger partial charge in [-0.15, -0.1) is 0 Å². The van der Waals surface area contributed by atoms with Gasteiger partial charge in [0.2, 0.25) is 0 Å². The zero-order valence-corrected chi connectivity index (χ0v) is 25.4. The monoisotopic (exact) mass is 514 g/mol. The third-order valence-electron chi connectivity index (χ3n) is 6.58. The van der Waals surface area contributed by atoms with Crippen LogP contribution in [0.3, 0.4) is 0 Å². The predicted molar refractivity (Wildman–Crippen MR) is 151 cm³/mol. The molecule has 208 valence electrons. The van der Waals surface area contributed by atoms with Gasteiger partial charge in [-0.1, -0.05) is 83.1 Å². The molecule has 0 amide bonds. The molecule has 2 rings (SSSR count). The summed E-state index contributed by atoms with van der Waals surface area (Å²) in [5, 5.41) is 32.9. The molecule has 0 fully saturated rings. The van der Waals surface area contributed by atoms with Crippen LogP contribution in [-0.2, 0) is 44.3 Å². The Bertz CT molecular complexity index is 942. The Morgan fingerprint density at radius 1 is 0.486 bits per heavy atom. The van der Waals surface area contributed by atoms with Gasteiger partial charge >= 0.3 is 0 Å². The van der Waals surface area contributed by atoms with Gasteiger partial charge in [0, 0.05) is 6.92 Å². The van der Waals surface area contributed by atoms with Gasteiger partial charge in [0.1, 0.15) is 11.5 Å². The Morgan fingerprint density at radius 3 is 0.892 bits per heavy atom. The van der Waals surface area contributed by atoms with Crippen LogP contribution in [0.25, 0.3) is 0 Å². The number of rotatable bonds is 6. The van der Waals surface area contributed by atoms with Crippen LogP contribution in [0.4, 0.5) is 0 Å². The molecule has 0 saturated carbocycles. The molecule has 37 heavy (non-hydrogen) atoms. The largest absolute Gasteiger partial charge is 0.507 e. The molecule has 0 aliphatic heterocycles. The van der Waals surface area contributed by atoms with E-state index >= 15 is 0 Å². The van der Waals surface area contributed by atoms with E-state index in [0.29, 0.717) is 11.5 Å². The van der Waals surface area contributed by atoms with Crippen LogP contribution in [0.5, 0.6) is 11.5 Å². The highest BCUT2D eigenvalue weighted by molar-refractivity contribution is 5.50. The highest BCUT2D eigenvalue weighted by atomic mass is 16.8. The van der Waals surface area contributed by atoms with E-state index in [1.807, 2.05) is 24.3 Å². The van der Waals surface area contributed by atoms with Crippen LogP contribution in [0.15, 0.2) is 24.3 Å². The van der Waals surface area contributed by atoms with Crippen molar-refractivity contribution in [2.45, 2.75) is 131 Å². The minimum Gasteiger partial charge on any atom is -0.507 e. The summed E-state index contributed by atoms with van der Waals surface area (Å²) in [5.41, 5.74) is 4.04. The van der Waals surface area contributed by atoms with Crippen molar-refractivity contribution in [3.8, 4) is 11.5 Å². The smallest absolute Gasteiger partial charge is 0.277 e. The number of phenols is 2. The van der Waals surface area contributed by atoms with Crippen LogP contribution in [0.2, 0.25) is 0 Å². The number of hydrogen-bond donors (Lipinski definition) is 3. The lowest BCUT2D eigenvalue weighted by molar-refractivity contribution is -0.358. The zero-order valence-electron chi connectivity index (χ0n) is 25.4. The van der Waals surface area contributed by atoms with Crippen molar-refractivity contribution in [1.82, 2.24) is 0 Å². The first-order valence-electron chi connectivity index (χ1n) is 13.2. The van der Waals surface area contributed by atoms with Crippen LogP contribution in [-0.4, -0.2) is 21.3 Å². The molecule has 0 bridgehead atoms. The Morgan fingerprint density at radius 2 is 0.703 bits per heavy atom. The molecule has 0 radical (unpaired) electrons. The molecule has 0 unspecified atom stereocenters. The fraction of sp³-hybridized carbons (Fsp3) is 0.625. The summed E-state index contributed by atoms with van der Waals surface area (Å²) in [7, 11) is 0. The lowest BCUT2D eigenvalue weighted by Gasteiger charge is -2.30. The van der Waals surface area contributed by atoms with Crippen molar-refractivity contribution in [2.75, 3.05) is 0 Å². The predicted octanol–water partition coefficient (Wildman–Crippen LogP) is 7.69. The van der Waals surface area contributed by atoms with E-state index in [9.17, 15) is 15.3 Å². The first-order valence-corrected chi connectivity index (χ1v) is 13.2. The summed E-state index contributed by atoms with van der Waals surface area (Å²) in [6.07, 6.45) is 0. The quantitative estimate of drug-likeness (QED) is 0.344. The van der Waals surface area contributed by atoms with Gasteiger partial charge in [0.25, 0.3) is 5.97 Å². The van der Waals surface area contributed by atoms with Crippen molar-refractivity contribution in [3.63, 3.8) is 0 Å². The van der Waals surface area contributed by atoms with Crippen molar-refractivity contribution >= 4 is 0 Å². The SMILES string of the molecule is CC(O)(OCc1cc(C(C)(C)C)c(O)c(C(C)(C)C)c1)OCc1cc(C(C)(C)C)c(O)c(C(C)(C)C)c1. The molecule has 2 aromatic rings. The maximum atomic E-state index is 11.0. The maximum Gasteiger partial charge on any atom is 0.277 e. The highest BCUT2D eigenvalue weighted by Gasteiger charge is 2.30. The lowest BCUT2D eigenvalue weighted by Crippen LogP contribution is -2.32. The van der Waals surface area contributed by atoms with E-state index in [4.69, 9.17) is 9.47 Å². The van der Waals surface area contributed by atoms with E-state index in [1.165, 1.54) is 6.92 Å². The molecule has 5 heteroatoms. The van der Waals surface area contributed by atoms with E-state index in [0.717, 1.165) is 33.4 Å². The molecule has 5 nitrogen and oxygen atoms in total. The summed E-state index contributed by atoms with van der Waals surface area (Å²) >= 11 is 0. The van der Waals surface area contributed by atoms with E-state index in [-0.39, 0.29) is 34.9 Å². The highest BCUT2D eigenvalue weighted by Crippen LogP contribution is 2.41. The lowest BCUT2D eigenvalue weighted by atomic mass is 9.78. The summed E-state index contributed by atoms with van der Waals surface area (Å²) in [6, 6.07) is 7.75. The molecular weight excluding hydrogens is 464 g/mol. The Hall–Kier alpha value is -2.08. The second-order valence-electron chi connectivity index (χ2n) is 14.6. The molecule has 3 N–H and O–H groups in total. The zero-order chi connectivity index (χ0) is 28.8. The number of aliphatic hydroxyl groups is 1. The number of aromatic hydroxyl groups is 2. The molecule has 0 aliphatic rings. The molecular formula is C32H50O5. The van der Waals surface area contributed by atoms with Gasteiger partial charge in [0.15, 0.2) is 0 Å². The van der Waals surface area contributed by atoms with Crippen LogP contribution >= 0.6 is 0 Å². The van der Waals surface area contributed by atoms with E-state index in [2.05, 4.69) is 83.1 Å². The summed E-state index contributed by atoms with van der Waals surface area (Å²) < 4.78 is 11.7. The third kappa shape index (κ3) is 7.95. The summed E-state index contributed by atoms with van der Waals surface area (Å²) in [6.45, 7) is 26.5. The minimum atomic E-state index is -1.83. The minimum absolute atomic E-state index is 0.121. The third-order valence-corrected chi connectivity index (χ3v) is 6.58. The van der Waals surface area contributed by atoms with Crippen molar-refractivity contribution in [2.24, 2.45) is 0 Å².